The number of carbonyl (C=O) groups is 1. The Hall–Kier alpha value is -0.370. The molecule has 2 nitrogen and oxygen atoms in total. The molecule has 0 amide bonds. The zero-order chi connectivity index (χ0) is 10.9. The number of carbonyl (C=O) groups excluding carboxylic acids is 1. The molecule has 0 spiro atoms. The Balaban J connectivity index is 1.78. The summed E-state index contributed by atoms with van der Waals surface area (Å²) in [5, 5.41) is 0. The first-order chi connectivity index (χ1) is 7.29. The summed E-state index contributed by atoms with van der Waals surface area (Å²) in [5.74, 6) is 0.340. The summed E-state index contributed by atoms with van der Waals surface area (Å²) in [6, 6.07) is 0. The zero-order valence-electron chi connectivity index (χ0n) is 10.1. The van der Waals surface area contributed by atoms with E-state index in [0.717, 1.165) is 12.8 Å². The Kier molecular flexibility index (Phi) is 6.66. The van der Waals surface area contributed by atoms with Crippen molar-refractivity contribution in [1.29, 1.82) is 0 Å². The van der Waals surface area contributed by atoms with Gasteiger partial charge in [0.05, 0.1) is 0 Å². The second-order valence-electron chi connectivity index (χ2n) is 4.77. The van der Waals surface area contributed by atoms with Crippen LogP contribution in [0.4, 0.5) is 0 Å². The minimum absolute atomic E-state index is 0.340. The summed E-state index contributed by atoms with van der Waals surface area (Å²) < 4.78 is 0. The molecule has 0 aromatic carbocycles. The third kappa shape index (κ3) is 6.67. The van der Waals surface area contributed by atoms with Crippen LogP contribution in [-0.4, -0.2) is 30.3 Å². The van der Waals surface area contributed by atoms with Gasteiger partial charge in [-0.3, -0.25) is 0 Å². The zero-order valence-corrected chi connectivity index (χ0v) is 10.1. The van der Waals surface area contributed by atoms with Crippen molar-refractivity contribution in [3.8, 4) is 0 Å². The lowest BCUT2D eigenvalue weighted by Crippen LogP contribution is -2.20. The molecule has 15 heavy (non-hydrogen) atoms. The molecule has 0 aromatic rings. The Labute approximate surface area is 94.0 Å². The van der Waals surface area contributed by atoms with Crippen LogP contribution < -0.4 is 0 Å². The van der Waals surface area contributed by atoms with Crippen LogP contribution in [0.1, 0.15) is 58.3 Å². The van der Waals surface area contributed by atoms with Gasteiger partial charge in [-0.15, -0.1) is 0 Å². The van der Waals surface area contributed by atoms with Crippen LogP contribution in [0.3, 0.4) is 0 Å². The molecule has 0 unspecified atom stereocenters. The lowest BCUT2D eigenvalue weighted by atomic mass is 10.1. The number of Topliss-reactive ketones (excluding diaryl/α,β-unsaturated/α-hetero) is 1. The second kappa shape index (κ2) is 7.86. The van der Waals surface area contributed by atoms with E-state index < -0.39 is 0 Å². The van der Waals surface area contributed by atoms with Crippen molar-refractivity contribution in [2.24, 2.45) is 0 Å². The van der Waals surface area contributed by atoms with Gasteiger partial charge in [0.25, 0.3) is 0 Å². The summed E-state index contributed by atoms with van der Waals surface area (Å²) >= 11 is 0. The van der Waals surface area contributed by atoms with Gasteiger partial charge < -0.3 is 9.69 Å². The van der Waals surface area contributed by atoms with Crippen LogP contribution in [0.2, 0.25) is 0 Å². The number of nitrogens with zero attached hydrogens (tertiary/aromatic N) is 1. The minimum atomic E-state index is 0.340. The van der Waals surface area contributed by atoms with Crippen molar-refractivity contribution in [3.63, 3.8) is 0 Å². The van der Waals surface area contributed by atoms with Gasteiger partial charge in [0.1, 0.15) is 5.78 Å². The standard InChI is InChI=1S/C13H25NO/c1-13(15)9-5-3-2-4-6-10-14-11-7-8-12-14/h2-12H2,1H3. The van der Waals surface area contributed by atoms with Crippen molar-refractivity contribution < 1.29 is 4.79 Å². The molecule has 0 radical (unpaired) electrons. The maximum absolute atomic E-state index is 10.7. The molecule has 0 N–H and O–H groups in total. The van der Waals surface area contributed by atoms with Gasteiger partial charge in [-0.1, -0.05) is 19.3 Å². The average Bonchev–Trinajstić information content (AvgIpc) is 2.68. The van der Waals surface area contributed by atoms with Gasteiger partial charge in [-0.25, -0.2) is 0 Å². The fourth-order valence-corrected chi connectivity index (χ4v) is 2.25. The van der Waals surface area contributed by atoms with E-state index in [1.165, 1.54) is 58.2 Å². The highest BCUT2D eigenvalue weighted by Gasteiger charge is 2.09. The van der Waals surface area contributed by atoms with E-state index >= 15 is 0 Å². The number of ketones is 1. The van der Waals surface area contributed by atoms with Crippen molar-refractivity contribution in [3.05, 3.63) is 0 Å². The molecule has 2 heteroatoms. The Morgan fingerprint density at radius 3 is 2.27 bits per heavy atom. The van der Waals surface area contributed by atoms with E-state index in [2.05, 4.69) is 4.90 Å². The van der Waals surface area contributed by atoms with Crippen LogP contribution in [-0.2, 0) is 4.79 Å². The Morgan fingerprint density at radius 1 is 1.00 bits per heavy atom. The van der Waals surface area contributed by atoms with Gasteiger partial charge in [-0.05, 0) is 52.2 Å². The van der Waals surface area contributed by atoms with E-state index in [-0.39, 0.29) is 0 Å². The molecular formula is C13H25NO. The van der Waals surface area contributed by atoms with E-state index in [4.69, 9.17) is 0 Å². The molecular weight excluding hydrogens is 186 g/mol. The van der Waals surface area contributed by atoms with Crippen LogP contribution in [0.25, 0.3) is 0 Å². The molecule has 0 saturated carbocycles. The molecule has 1 saturated heterocycles. The molecule has 1 fully saturated rings. The summed E-state index contributed by atoms with van der Waals surface area (Å²) in [6.45, 7) is 5.63. The molecule has 1 heterocycles. The van der Waals surface area contributed by atoms with Crippen LogP contribution in [0.5, 0.6) is 0 Å². The highest BCUT2D eigenvalue weighted by atomic mass is 16.1. The summed E-state index contributed by atoms with van der Waals surface area (Å²) in [6.07, 6.45) is 9.91. The minimum Gasteiger partial charge on any atom is -0.303 e. The maximum atomic E-state index is 10.7. The van der Waals surface area contributed by atoms with E-state index in [1.54, 1.807) is 6.92 Å². The number of unbranched alkanes of at least 4 members (excludes halogenated alkanes) is 4. The van der Waals surface area contributed by atoms with Gasteiger partial charge in [0, 0.05) is 6.42 Å². The predicted octanol–water partition coefficient (Wildman–Crippen LogP) is 3.01. The highest BCUT2D eigenvalue weighted by Crippen LogP contribution is 2.10. The Morgan fingerprint density at radius 2 is 1.60 bits per heavy atom. The van der Waals surface area contributed by atoms with Gasteiger partial charge >= 0.3 is 0 Å². The molecule has 0 atom stereocenters. The fourth-order valence-electron chi connectivity index (χ4n) is 2.25. The van der Waals surface area contributed by atoms with Crippen molar-refractivity contribution in [2.75, 3.05) is 19.6 Å². The Bertz CT molecular complexity index is 173. The molecule has 88 valence electrons. The fraction of sp³-hybridized carbons (Fsp3) is 0.923. The van der Waals surface area contributed by atoms with Gasteiger partial charge in [0.15, 0.2) is 0 Å². The van der Waals surface area contributed by atoms with Gasteiger partial charge in [-0.2, -0.15) is 0 Å². The molecule has 1 rings (SSSR count). The first-order valence-electron chi connectivity index (χ1n) is 6.51. The van der Waals surface area contributed by atoms with Crippen LogP contribution in [0, 0.1) is 0 Å². The second-order valence-corrected chi connectivity index (χ2v) is 4.77. The summed E-state index contributed by atoms with van der Waals surface area (Å²) in [7, 11) is 0. The van der Waals surface area contributed by atoms with Crippen LogP contribution in [0.15, 0.2) is 0 Å². The third-order valence-corrected chi connectivity index (χ3v) is 3.20. The van der Waals surface area contributed by atoms with Crippen molar-refractivity contribution >= 4 is 5.78 Å². The van der Waals surface area contributed by atoms with Crippen LogP contribution >= 0.6 is 0 Å². The summed E-state index contributed by atoms with van der Waals surface area (Å²) in [5.41, 5.74) is 0. The molecule has 1 aliphatic rings. The average molecular weight is 211 g/mol. The number of rotatable bonds is 8. The SMILES string of the molecule is CC(=O)CCCCCCCN1CCCC1. The lowest BCUT2D eigenvalue weighted by Gasteiger charge is -2.13. The third-order valence-electron chi connectivity index (χ3n) is 3.20. The van der Waals surface area contributed by atoms with Crippen molar-refractivity contribution in [1.82, 2.24) is 4.90 Å². The molecule has 1 aliphatic heterocycles. The monoisotopic (exact) mass is 211 g/mol. The quantitative estimate of drug-likeness (QED) is 0.575. The van der Waals surface area contributed by atoms with E-state index in [1.807, 2.05) is 0 Å². The molecule has 0 bridgehead atoms. The molecule has 0 aromatic heterocycles. The van der Waals surface area contributed by atoms with Gasteiger partial charge in [0.2, 0.25) is 0 Å². The van der Waals surface area contributed by atoms with Crippen molar-refractivity contribution in [2.45, 2.75) is 58.3 Å². The largest absolute Gasteiger partial charge is 0.303 e. The number of likely N-dealkylation sites (tertiary alicyclic amines) is 1. The highest BCUT2D eigenvalue weighted by molar-refractivity contribution is 5.75. The maximum Gasteiger partial charge on any atom is 0.129 e. The predicted molar refractivity (Wildman–Crippen MR) is 64.1 cm³/mol. The number of hydrogen-bond acceptors (Lipinski definition) is 2. The normalized spacial score (nSPS) is 17.1. The van der Waals surface area contributed by atoms with E-state index in [0.29, 0.717) is 5.78 Å². The molecule has 0 aliphatic carbocycles. The first kappa shape index (κ1) is 12.7. The van der Waals surface area contributed by atoms with E-state index in [9.17, 15) is 4.79 Å². The number of hydrogen-bond donors (Lipinski definition) is 0. The lowest BCUT2D eigenvalue weighted by molar-refractivity contribution is -0.117. The summed E-state index contributed by atoms with van der Waals surface area (Å²) in [4.78, 5) is 13.3. The topological polar surface area (TPSA) is 20.3 Å². The smallest absolute Gasteiger partial charge is 0.129 e. The first-order valence-corrected chi connectivity index (χ1v) is 6.51.